The van der Waals surface area contributed by atoms with E-state index >= 15 is 0 Å². The summed E-state index contributed by atoms with van der Waals surface area (Å²) in [6, 6.07) is 0. The van der Waals surface area contributed by atoms with Gasteiger partial charge in [-0.2, -0.15) is 0 Å². The standard InChI is InChI=1S/C12H24N2O2S/c1-4-8-16-9-6-7-14-11(15)12(3,5-2)10(13)17/h4-9H2,1-3H3,(H2,13,17)(H,14,15). The van der Waals surface area contributed by atoms with E-state index in [1.54, 1.807) is 6.92 Å². The SMILES string of the molecule is CCCOCCCNC(=O)C(C)(CC)C(N)=S. The molecule has 0 aromatic carbocycles. The van der Waals surface area contributed by atoms with Crippen molar-refractivity contribution in [2.24, 2.45) is 11.1 Å². The van der Waals surface area contributed by atoms with Crippen LogP contribution in [0.3, 0.4) is 0 Å². The van der Waals surface area contributed by atoms with E-state index in [1.165, 1.54) is 0 Å². The molecule has 0 bridgehead atoms. The van der Waals surface area contributed by atoms with Crippen molar-refractivity contribution in [3.8, 4) is 0 Å². The molecule has 0 fully saturated rings. The number of rotatable bonds is 9. The second-order valence-electron chi connectivity index (χ2n) is 4.27. The maximum absolute atomic E-state index is 11.9. The summed E-state index contributed by atoms with van der Waals surface area (Å²) < 4.78 is 5.32. The molecule has 0 aliphatic rings. The van der Waals surface area contributed by atoms with E-state index in [-0.39, 0.29) is 10.9 Å². The normalized spacial score (nSPS) is 14.1. The first-order chi connectivity index (χ1) is 7.99. The fourth-order valence-electron chi connectivity index (χ4n) is 1.26. The highest BCUT2D eigenvalue weighted by Gasteiger charge is 2.34. The average Bonchev–Trinajstić information content (AvgIpc) is 2.31. The summed E-state index contributed by atoms with van der Waals surface area (Å²) in [6.07, 6.45) is 2.44. The van der Waals surface area contributed by atoms with Crippen LogP contribution in [-0.2, 0) is 9.53 Å². The minimum atomic E-state index is -0.736. The first-order valence-electron chi connectivity index (χ1n) is 6.15. The first kappa shape index (κ1) is 16.3. The number of carbonyl (C=O) groups excluding carboxylic acids is 1. The Balaban J connectivity index is 3.89. The van der Waals surface area contributed by atoms with Crippen LogP contribution in [0.5, 0.6) is 0 Å². The molecule has 1 amide bonds. The van der Waals surface area contributed by atoms with Crippen molar-refractivity contribution >= 4 is 23.1 Å². The molecule has 17 heavy (non-hydrogen) atoms. The van der Waals surface area contributed by atoms with E-state index in [9.17, 15) is 4.79 Å². The molecular formula is C12H24N2O2S. The maximum Gasteiger partial charge on any atom is 0.232 e. The van der Waals surface area contributed by atoms with Crippen LogP contribution in [0.15, 0.2) is 0 Å². The van der Waals surface area contributed by atoms with Gasteiger partial charge in [-0.25, -0.2) is 0 Å². The molecule has 1 unspecified atom stereocenters. The highest BCUT2D eigenvalue weighted by Crippen LogP contribution is 2.21. The van der Waals surface area contributed by atoms with Crippen LogP contribution in [-0.4, -0.2) is 30.7 Å². The maximum atomic E-state index is 11.9. The van der Waals surface area contributed by atoms with E-state index in [2.05, 4.69) is 12.2 Å². The minimum Gasteiger partial charge on any atom is -0.392 e. The van der Waals surface area contributed by atoms with Gasteiger partial charge in [0.25, 0.3) is 0 Å². The Morgan fingerprint density at radius 1 is 1.41 bits per heavy atom. The molecule has 3 N–H and O–H groups in total. The molecule has 0 rings (SSSR count). The zero-order valence-corrected chi connectivity index (χ0v) is 11.9. The highest BCUT2D eigenvalue weighted by molar-refractivity contribution is 7.80. The van der Waals surface area contributed by atoms with E-state index in [0.29, 0.717) is 19.6 Å². The molecule has 0 heterocycles. The van der Waals surface area contributed by atoms with Crippen molar-refractivity contribution in [1.82, 2.24) is 5.32 Å². The molecule has 0 aromatic heterocycles. The summed E-state index contributed by atoms with van der Waals surface area (Å²) in [5, 5.41) is 2.85. The van der Waals surface area contributed by atoms with E-state index in [1.807, 2.05) is 6.92 Å². The molecular weight excluding hydrogens is 236 g/mol. The lowest BCUT2D eigenvalue weighted by Gasteiger charge is -2.25. The summed E-state index contributed by atoms with van der Waals surface area (Å²) in [4.78, 5) is 12.2. The number of thiocarbonyl (C=S) groups is 1. The highest BCUT2D eigenvalue weighted by atomic mass is 32.1. The van der Waals surface area contributed by atoms with Crippen molar-refractivity contribution in [3.63, 3.8) is 0 Å². The van der Waals surface area contributed by atoms with Gasteiger partial charge in [0.05, 0.1) is 10.4 Å². The smallest absolute Gasteiger partial charge is 0.232 e. The topological polar surface area (TPSA) is 64.3 Å². The van der Waals surface area contributed by atoms with Crippen LogP contribution in [0.1, 0.15) is 40.0 Å². The number of hydrogen-bond donors (Lipinski definition) is 2. The van der Waals surface area contributed by atoms with Crippen molar-refractivity contribution < 1.29 is 9.53 Å². The van der Waals surface area contributed by atoms with Crippen LogP contribution >= 0.6 is 12.2 Å². The third-order valence-electron chi connectivity index (χ3n) is 2.85. The van der Waals surface area contributed by atoms with Crippen LogP contribution < -0.4 is 11.1 Å². The molecule has 4 nitrogen and oxygen atoms in total. The third kappa shape index (κ3) is 5.46. The number of carbonyl (C=O) groups is 1. The van der Waals surface area contributed by atoms with Gasteiger partial charge in [0.15, 0.2) is 0 Å². The zero-order chi connectivity index (χ0) is 13.3. The Kier molecular flexibility index (Phi) is 8.08. The number of amides is 1. The number of ether oxygens (including phenoxy) is 1. The Labute approximate surface area is 109 Å². The molecule has 0 aliphatic carbocycles. The van der Waals surface area contributed by atoms with Gasteiger partial charge < -0.3 is 15.8 Å². The van der Waals surface area contributed by atoms with Crippen LogP contribution in [0.4, 0.5) is 0 Å². The molecule has 0 aliphatic heterocycles. The van der Waals surface area contributed by atoms with E-state index < -0.39 is 5.41 Å². The largest absolute Gasteiger partial charge is 0.392 e. The quantitative estimate of drug-likeness (QED) is 0.488. The van der Waals surface area contributed by atoms with Gasteiger partial charge in [-0.15, -0.1) is 0 Å². The molecule has 5 heteroatoms. The Bertz CT molecular complexity index is 259. The van der Waals surface area contributed by atoms with Crippen LogP contribution in [0, 0.1) is 5.41 Å². The van der Waals surface area contributed by atoms with Crippen LogP contribution in [0.25, 0.3) is 0 Å². The molecule has 0 spiro atoms. The van der Waals surface area contributed by atoms with Crippen molar-refractivity contribution in [1.29, 1.82) is 0 Å². The van der Waals surface area contributed by atoms with Gasteiger partial charge in [-0.1, -0.05) is 26.1 Å². The van der Waals surface area contributed by atoms with Gasteiger partial charge in [0.2, 0.25) is 5.91 Å². The van der Waals surface area contributed by atoms with Gasteiger partial charge >= 0.3 is 0 Å². The molecule has 0 aromatic rings. The van der Waals surface area contributed by atoms with Crippen molar-refractivity contribution in [2.75, 3.05) is 19.8 Å². The molecule has 0 saturated carbocycles. The first-order valence-corrected chi connectivity index (χ1v) is 6.55. The monoisotopic (exact) mass is 260 g/mol. The predicted molar refractivity (Wildman–Crippen MR) is 73.9 cm³/mol. The summed E-state index contributed by atoms with van der Waals surface area (Å²) in [5.74, 6) is -0.0945. The average molecular weight is 260 g/mol. The fourth-order valence-corrected chi connectivity index (χ4v) is 1.50. The van der Waals surface area contributed by atoms with Crippen molar-refractivity contribution in [3.05, 3.63) is 0 Å². The van der Waals surface area contributed by atoms with Gasteiger partial charge in [-0.3, -0.25) is 4.79 Å². The van der Waals surface area contributed by atoms with Gasteiger partial charge in [-0.05, 0) is 26.2 Å². The summed E-state index contributed by atoms with van der Waals surface area (Å²) in [5.41, 5.74) is 4.86. The molecule has 1 atom stereocenters. The second-order valence-corrected chi connectivity index (χ2v) is 4.71. The lowest BCUT2D eigenvalue weighted by molar-refractivity contribution is -0.127. The zero-order valence-electron chi connectivity index (χ0n) is 11.0. The molecule has 100 valence electrons. The summed E-state index contributed by atoms with van der Waals surface area (Å²) in [6.45, 7) is 7.79. The Hall–Kier alpha value is -0.680. The second kappa shape index (κ2) is 8.42. The Morgan fingerprint density at radius 3 is 2.53 bits per heavy atom. The van der Waals surface area contributed by atoms with E-state index in [0.717, 1.165) is 19.4 Å². The summed E-state index contributed by atoms with van der Waals surface area (Å²) in [7, 11) is 0. The number of nitrogens with one attached hydrogen (secondary N) is 1. The van der Waals surface area contributed by atoms with E-state index in [4.69, 9.17) is 22.7 Å². The van der Waals surface area contributed by atoms with Gasteiger partial charge in [0.1, 0.15) is 0 Å². The lowest BCUT2D eigenvalue weighted by atomic mass is 9.86. The Morgan fingerprint density at radius 2 is 2.06 bits per heavy atom. The third-order valence-corrected chi connectivity index (χ3v) is 3.30. The predicted octanol–water partition coefficient (Wildman–Crippen LogP) is 1.62. The number of hydrogen-bond acceptors (Lipinski definition) is 3. The summed E-state index contributed by atoms with van der Waals surface area (Å²) >= 11 is 4.93. The van der Waals surface area contributed by atoms with Gasteiger partial charge in [0, 0.05) is 19.8 Å². The van der Waals surface area contributed by atoms with Crippen LogP contribution in [0.2, 0.25) is 0 Å². The minimum absolute atomic E-state index is 0.0945. The fraction of sp³-hybridized carbons (Fsp3) is 0.833. The lowest BCUT2D eigenvalue weighted by Crippen LogP contribution is -2.46. The molecule has 0 saturated heterocycles. The number of nitrogens with two attached hydrogens (primary N) is 1. The molecule has 0 radical (unpaired) electrons. The van der Waals surface area contributed by atoms with Crippen molar-refractivity contribution in [2.45, 2.75) is 40.0 Å².